The summed E-state index contributed by atoms with van der Waals surface area (Å²) in [5.74, 6) is -0.832. The quantitative estimate of drug-likeness (QED) is 0.346. The summed E-state index contributed by atoms with van der Waals surface area (Å²) in [6.45, 7) is 0.195. The van der Waals surface area contributed by atoms with Gasteiger partial charge in [0.25, 0.3) is 5.91 Å². The van der Waals surface area contributed by atoms with Crippen LogP contribution < -0.4 is 5.32 Å². The van der Waals surface area contributed by atoms with Crippen molar-refractivity contribution < 1.29 is 22.7 Å². The molecule has 37 heavy (non-hydrogen) atoms. The molecule has 188 valence electrons. The second kappa shape index (κ2) is 9.59. The Hall–Kier alpha value is -4.36. The van der Waals surface area contributed by atoms with Crippen molar-refractivity contribution >= 4 is 34.1 Å². The lowest BCUT2D eigenvalue weighted by molar-refractivity contribution is -0.143. The van der Waals surface area contributed by atoms with Gasteiger partial charge < -0.3 is 10.1 Å². The summed E-state index contributed by atoms with van der Waals surface area (Å²) in [6.07, 6.45) is 0.219. The van der Waals surface area contributed by atoms with Gasteiger partial charge >= 0.3 is 6.18 Å². The second-order valence-electron chi connectivity index (χ2n) is 7.72. The highest BCUT2D eigenvalue weighted by molar-refractivity contribution is 6.32. The number of halogens is 4. The molecule has 0 saturated heterocycles. The van der Waals surface area contributed by atoms with Crippen molar-refractivity contribution in [1.29, 1.82) is 0 Å². The summed E-state index contributed by atoms with van der Waals surface area (Å²) >= 11 is 6.32. The van der Waals surface area contributed by atoms with E-state index in [-0.39, 0.29) is 28.8 Å². The van der Waals surface area contributed by atoms with E-state index in [1.54, 1.807) is 24.3 Å². The summed E-state index contributed by atoms with van der Waals surface area (Å²) in [7, 11) is 1.50. The van der Waals surface area contributed by atoms with Crippen LogP contribution in [-0.2, 0) is 17.5 Å². The molecule has 0 radical (unpaired) electrons. The molecule has 0 unspecified atom stereocenters. The summed E-state index contributed by atoms with van der Waals surface area (Å²) in [5.41, 5.74) is -0.653. The Balaban J connectivity index is 1.49. The van der Waals surface area contributed by atoms with E-state index in [0.29, 0.717) is 21.3 Å². The lowest BCUT2D eigenvalue weighted by Gasteiger charge is -2.14. The number of nitrogens with zero attached hydrogens (tertiary/aromatic N) is 7. The van der Waals surface area contributed by atoms with Gasteiger partial charge in [0.15, 0.2) is 11.5 Å². The van der Waals surface area contributed by atoms with Crippen LogP contribution in [0.25, 0.3) is 22.4 Å². The van der Waals surface area contributed by atoms with E-state index < -0.39 is 23.3 Å². The zero-order valence-corrected chi connectivity index (χ0v) is 19.7. The minimum atomic E-state index is -4.89. The van der Waals surface area contributed by atoms with Crippen molar-refractivity contribution in [2.24, 2.45) is 0 Å². The van der Waals surface area contributed by atoms with Gasteiger partial charge in [-0.25, -0.2) is 9.67 Å². The zero-order chi connectivity index (χ0) is 26.2. The maximum atomic E-state index is 14.2. The van der Waals surface area contributed by atoms with Gasteiger partial charge in [-0.1, -0.05) is 22.9 Å². The van der Waals surface area contributed by atoms with E-state index in [1.807, 2.05) is 0 Å². The Bertz CT molecular complexity index is 1610. The molecular weight excluding hydrogens is 513 g/mol. The first-order valence-corrected chi connectivity index (χ1v) is 11.0. The number of ether oxygens (including phenoxy) is 1. The zero-order valence-electron chi connectivity index (χ0n) is 18.9. The minimum Gasteiger partial charge on any atom is -0.378 e. The van der Waals surface area contributed by atoms with E-state index in [2.05, 4.69) is 30.7 Å². The molecule has 0 aliphatic rings. The van der Waals surface area contributed by atoms with Gasteiger partial charge in [0, 0.05) is 18.7 Å². The number of rotatable bonds is 6. The molecule has 0 bridgehead atoms. The van der Waals surface area contributed by atoms with E-state index >= 15 is 0 Å². The number of pyridine rings is 2. The molecular formula is C23H16ClF3N8O2. The van der Waals surface area contributed by atoms with Crippen molar-refractivity contribution in [3.05, 3.63) is 83.2 Å². The molecule has 5 aromatic rings. The third kappa shape index (κ3) is 4.61. The molecule has 4 aromatic heterocycles. The van der Waals surface area contributed by atoms with Crippen molar-refractivity contribution in [1.82, 2.24) is 34.7 Å². The van der Waals surface area contributed by atoms with Crippen molar-refractivity contribution in [3.63, 3.8) is 0 Å². The van der Waals surface area contributed by atoms with E-state index in [9.17, 15) is 18.0 Å². The topological polar surface area (TPSA) is 113 Å². The van der Waals surface area contributed by atoms with Crippen LogP contribution in [0.1, 0.15) is 21.7 Å². The molecule has 0 atom stereocenters. The molecule has 0 fully saturated rings. The lowest BCUT2D eigenvalue weighted by atomic mass is 10.1. The number of carbonyl (C=O) groups excluding carboxylic acids is 1. The predicted octanol–water partition coefficient (Wildman–Crippen LogP) is 4.47. The number of nitrogens with one attached hydrogen (secondary N) is 1. The Labute approximate surface area is 211 Å². The Morgan fingerprint density at radius 2 is 1.95 bits per heavy atom. The first-order chi connectivity index (χ1) is 17.8. The highest BCUT2D eigenvalue weighted by Crippen LogP contribution is 2.35. The van der Waals surface area contributed by atoms with Crippen LogP contribution in [-0.4, -0.2) is 47.8 Å². The average Bonchev–Trinajstić information content (AvgIpc) is 3.52. The van der Waals surface area contributed by atoms with Gasteiger partial charge in [-0.15, -0.1) is 5.10 Å². The predicted molar refractivity (Wildman–Crippen MR) is 127 cm³/mol. The number of hydrogen-bond acceptors (Lipinski definition) is 7. The maximum Gasteiger partial charge on any atom is 0.434 e. The maximum absolute atomic E-state index is 14.2. The number of carbonyl (C=O) groups is 1. The third-order valence-electron chi connectivity index (χ3n) is 5.33. The molecule has 4 heterocycles. The standard InChI is InChI=1S/C23H16ClF3N8O2/c1-37-12-14-10-30-33-34(14)21-17(24)8-13(9-29-21)32-22(36)16-11-31-35(20(16)23(25,26)27)19-6-2-5-18-15(19)4-3-7-28-18/h2-11H,12H2,1H3,(H,32,36). The van der Waals surface area contributed by atoms with E-state index in [4.69, 9.17) is 16.3 Å². The fraction of sp³-hybridized carbons (Fsp3) is 0.130. The monoisotopic (exact) mass is 528 g/mol. The first kappa shape index (κ1) is 24.3. The van der Waals surface area contributed by atoms with E-state index in [0.717, 1.165) is 6.20 Å². The van der Waals surface area contributed by atoms with Gasteiger partial charge in [0.2, 0.25) is 0 Å². The van der Waals surface area contributed by atoms with Crippen LogP contribution in [0.4, 0.5) is 18.9 Å². The molecule has 1 N–H and O–H groups in total. The lowest BCUT2D eigenvalue weighted by Crippen LogP contribution is -2.21. The Morgan fingerprint density at radius 1 is 1.11 bits per heavy atom. The summed E-state index contributed by atoms with van der Waals surface area (Å²) < 4.78 is 49.7. The Morgan fingerprint density at radius 3 is 2.70 bits per heavy atom. The number of fused-ring (bicyclic) bond motifs is 1. The molecule has 0 spiro atoms. The molecule has 5 rings (SSSR count). The van der Waals surface area contributed by atoms with Crippen LogP contribution in [0, 0.1) is 0 Å². The average molecular weight is 529 g/mol. The fourth-order valence-electron chi connectivity index (χ4n) is 3.78. The van der Waals surface area contributed by atoms with Crippen LogP contribution in [0.3, 0.4) is 0 Å². The minimum absolute atomic E-state index is 0.0717. The van der Waals surface area contributed by atoms with Crippen LogP contribution in [0.5, 0.6) is 0 Å². The second-order valence-corrected chi connectivity index (χ2v) is 8.12. The van der Waals surface area contributed by atoms with Crippen LogP contribution in [0.2, 0.25) is 5.02 Å². The molecule has 10 nitrogen and oxygen atoms in total. The summed E-state index contributed by atoms with van der Waals surface area (Å²) in [5, 5.41) is 14.5. The summed E-state index contributed by atoms with van der Waals surface area (Å²) in [6, 6.07) is 9.28. The smallest absolute Gasteiger partial charge is 0.378 e. The number of aromatic nitrogens is 7. The molecule has 0 saturated carbocycles. The highest BCUT2D eigenvalue weighted by Gasteiger charge is 2.41. The van der Waals surface area contributed by atoms with Crippen LogP contribution in [0.15, 0.2) is 61.2 Å². The molecule has 0 aliphatic heterocycles. The number of hydrogen-bond donors (Lipinski definition) is 1. The van der Waals surface area contributed by atoms with Gasteiger partial charge in [-0.3, -0.25) is 9.78 Å². The number of alkyl halides is 3. The number of anilines is 1. The largest absolute Gasteiger partial charge is 0.434 e. The third-order valence-corrected chi connectivity index (χ3v) is 5.60. The molecule has 0 aliphatic carbocycles. The fourth-order valence-corrected chi connectivity index (χ4v) is 4.02. The molecule has 14 heteroatoms. The van der Waals surface area contributed by atoms with Gasteiger partial charge in [0.05, 0.1) is 58.4 Å². The molecule has 1 amide bonds. The van der Waals surface area contributed by atoms with Crippen molar-refractivity contribution in [3.8, 4) is 11.5 Å². The van der Waals surface area contributed by atoms with E-state index in [1.165, 1.54) is 42.5 Å². The van der Waals surface area contributed by atoms with Gasteiger partial charge in [-0.2, -0.15) is 23.0 Å². The van der Waals surface area contributed by atoms with Crippen molar-refractivity contribution in [2.75, 3.05) is 12.4 Å². The first-order valence-electron chi connectivity index (χ1n) is 10.6. The SMILES string of the molecule is COCc1cnnn1-c1ncc(NC(=O)c2cnn(-c3cccc4ncccc34)c2C(F)(F)F)cc1Cl. The van der Waals surface area contributed by atoms with Gasteiger partial charge in [0.1, 0.15) is 0 Å². The molecule has 1 aromatic carbocycles. The summed E-state index contributed by atoms with van der Waals surface area (Å²) in [4.78, 5) is 21.3. The van der Waals surface area contributed by atoms with Crippen LogP contribution >= 0.6 is 11.6 Å². The number of methoxy groups -OCH3 is 1. The Kier molecular flexibility index (Phi) is 6.31. The normalized spacial score (nSPS) is 11.7. The number of amides is 1. The van der Waals surface area contributed by atoms with Crippen molar-refractivity contribution in [2.45, 2.75) is 12.8 Å². The van der Waals surface area contributed by atoms with Gasteiger partial charge in [-0.05, 0) is 30.3 Å². The highest BCUT2D eigenvalue weighted by atomic mass is 35.5. The number of benzene rings is 1.